The molecule has 2 nitrogen and oxygen atoms in total. The van der Waals surface area contributed by atoms with Gasteiger partial charge in [-0.2, -0.15) is 0 Å². The third-order valence-corrected chi connectivity index (χ3v) is 2.43. The average Bonchev–Trinajstić information content (AvgIpc) is 2.19. The zero-order valence-electron chi connectivity index (χ0n) is 10.3. The molecule has 0 aliphatic rings. The predicted molar refractivity (Wildman–Crippen MR) is 65.0 cm³/mol. The molecular weight excluding hydrogens is 203 g/mol. The van der Waals surface area contributed by atoms with E-state index in [1.54, 1.807) is 12.1 Å². The molecule has 0 heterocycles. The minimum atomic E-state index is -0.225. The van der Waals surface area contributed by atoms with Crippen LogP contribution in [0.5, 0.6) is 0 Å². The minimum Gasteiger partial charge on any atom is -0.359 e. The molecule has 0 saturated carbocycles. The van der Waals surface area contributed by atoms with E-state index >= 15 is 0 Å². The van der Waals surface area contributed by atoms with Crippen molar-refractivity contribution in [3.63, 3.8) is 0 Å². The van der Waals surface area contributed by atoms with Gasteiger partial charge in [0.25, 0.3) is 0 Å². The highest BCUT2D eigenvalue weighted by Crippen LogP contribution is 2.18. The van der Waals surface area contributed by atoms with Gasteiger partial charge in [0, 0.05) is 19.0 Å². The molecule has 0 atom stereocenters. The number of rotatable bonds is 2. The number of hydrogen-bond donors (Lipinski definition) is 1. The maximum Gasteiger partial charge on any atom is 0.123 e. The third kappa shape index (κ3) is 3.33. The zero-order valence-corrected chi connectivity index (χ0v) is 10.3. The average molecular weight is 222 g/mol. The summed E-state index contributed by atoms with van der Waals surface area (Å²) in [7, 11) is 1.89. The lowest BCUT2D eigenvalue weighted by molar-refractivity contribution is 0.417. The molecule has 3 heteroatoms. The highest BCUT2D eigenvalue weighted by molar-refractivity contribution is 5.83. The van der Waals surface area contributed by atoms with Crippen LogP contribution >= 0.6 is 0 Å². The molecule has 0 bridgehead atoms. The van der Waals surface area contributed by atoms with E-state index < -0.39 is 0 Å². The van der Waals surface area contributed by atoms with E-state index in [2.05, 4.69) is 0 Å². The van der Waals surface area contributed by atoms with Crippen LogP contribution in [-0.4, -0.2) is 17.8 Å². The first-order valence-electron chi connectivity index (χ1n) is 5.35. The summed E-state index contributed by atoms with van der Waals surface area (Å²) in [6.07, 6.45) is 0. The normalized spacial score (nSPS) is 11.3. The maximum atomic E-state index is 12.7. The number of halogens is 1. The molecule has 0 spiro atoms. The lowest BCUT2D eigenvalue weighted by atomic mass is 9.94. The molecule has 1 aromatic rings. The van der Waals surface area contributed by atoms with Gasteiger partial charge in [0.1, 0.15) is 11.7 Å². The molecule has 0 aromatic heterocycles. The van der Waals surface area contributed by atoms with Crippen LogP contribution in [0.4, 0.5) is 4.39 Å². The molecule has 1 N–H and O–H groups in total. The van der Waals surface area contributed by atoms with E-state index in [0.717, 1.165) is 5.56 Å². The summed E-state index contributed by atoms with van der Waals surface area (Å²) in [5.41, 5.74) is 0.854. The van der Waals surface area contributed by atoms with Gasteiger partial charge in [0.15, 0.2) is 0 Å². The van der Waals surface area contributed by atoms with Crippen molar-refractivity contribution in [2.75, 3.05) is 7.05 Å². The molecule has 1 rings (SSSR count). The predicted octanol–water partition coefficient (Wildman–Crippen LogP) is 3.28. The molecule has 88 valence electrons. The Balaban J connectivity index is 2.68. The Hall–Kier alpha value is -1.38. The standard InChI is InChI=1S/C13H19FN2/c1-13(2,3)12(15)16(4)9-10-5-7-11(14)8-6-10/h5-8,15H,9H2,1-4H3. The topological polar surface area (TPSA) is 27.1 Å². The van der Waals surface area contributed by atoms with Crippen LogP contribution in [0.3, 0.4) is 0 Å². The zero-order chi connectivity index (χ0) is 12.3. The van der Waals surface area contributed by atoms with E-state index in [-0.39, 0.29) is 11.2 Å². The maximum absolute atomic E-state index is 12.7. The summed E-state index contributed by atoms with van der Waals surface area (Å²) in [6, 6.07) is 6.40. The van der Waals surface area contributed by atoms with Crippen molar-refractivity contribution in [1.29, 1.82) is 5.41 Å². The third-order valence-electron chi connectivity index (χ3n) is 2.43. The quantitative estimate of drug-likeness (QED) is 0.603. The number of hydrogen-bond acceptors (Lipinski definition) is 1. The van der Waals surface area contributed by atoms with Gasteiger partial charge in [-0.1, -0.05) is 32.9 Å². The van der Waals surface area contributed by atoms with Gasteiger partial charge < -0.3 is 4.90 Å². The Bertz CT molecular complexity index is 363. The molecule has 0 aliphatic heterocycles. The van der Waals surface area contributed by atoms with Gasteiger partial charge in [-0.3, -0.25) is 5.41 Å². The molecule has 16 heavy (non-hydrogen) atoms. The molecule has 1 aromatic carbocycles. The lowest BCUT2D eigenvalue weighted by Crippen LogP contribution is -2.35. The Kier molecular flexibility index (Phi) is 3.68. The Labute approximate surface area is 96.6 Å². The van der Waals surface area contributed by atoms with Crippen molar-refractivity contribution >= 4 is 5.84 Å². The van der Waals surface area contributed by atoms with Crippen molar-refractivity contribution in [1.82, 2.24) is 4.90 Å². The van der Waals surface area contributed by atoms with Crippen molar-refractivity contribution in [3.8, 4) is 0 Å². The first-order valence-corrected chi connectivity index (χ1v) is 5.35. The second-order valence-electron chi connectivity index (χ2n) is 5.08. The Morgan fingerprint density at radius 3 is 2.19 bits per heavy atom. The van der Waals surface area contributed by atoms with Crippen LogP contribution < -0.4 is 0 Å². The number of benzene rings is 1. The molecule has 0 radical (unpaired) electrons. The van der Waals surface area contributed by atoms with Crippen LogP contribution in [0.2, 0.25) is 0 Å². The lowest BCUT2D eigenvalue weighted by Gasteiger charge is -2.29. The fourth-order valence-electron chi connectivity index (χ4n) is 1.52. The van der Waals surface area contributed by atoms with E-state index in [4.69, 9.17) is 5.41 Å². The van der Waals surface area contributed by atoms with Crippen LogP contribution in [0.1, 0.15) is 26.3 Å². The SMILES string of the molecule is CN(Cc1ccc(F)cc1)C(=N)C(C)(C)C. The van der Waals surface area contributed by atoms with Crippen molar-refractivity contribution in [3.05, 3.63) is 35.6 Å². The molecule has 0 fully saturated rings. The summed E-state index contributed by atoms with van der Waals surface area (Å²) < 4.78 is 12.7. The summed E-state index contributed by atoms with van der Waals surface area (Å²) in [6.45, 7) is 6.67. The second-order valence-corrected chi connectivity index (χ2v) is 5.08. The van der Waals surface area contributed by atoms with Gasteiger partial charge in [0.2, 0.25) is 0 Å². The highest BCUT2D eigenvalue weighted by atomic mass is 19.1. The van der Waals surface area contributed by atoms with Gasteiger partial charge >= 0.3 is 0 Å². The van der Waals surface area contributed by atoms with Gasteiger partial charge in [0.05, 0.1) is 0 Å². The summed E-state index contributed by atoms with van der Waals surface area (Å²) in [5.74, 6) is 0.356. The van der Waals surface area contributed by atoms with Gasteiger partial charge in [-0.15, -0.1) is 0 Å². The van der Waals surface area contributed by atoms with E-state index in [0.29, 0.717) is 12.4 Å². The molecule has 0 unspecified atom stereocenters. The van der Waals surface area contributed by atoms with Crippen LogP contribution in [0.25, 0.3) is 0 Å². The fourth-order valence-corrected chi connectivity index (χ4v) is 1.52. The number of nitrogens with one attached hydrogen (secondary N) is 1. The first kappa shape index (κ1) is 12.7. The molecule has 0 aliphatic carbocycles. The van der Waals surface area contributed by atoms with E-state index in [1.165, 1.54) is 12.1 Å². The summed E-state index contributed by atoms with van der Waals surface area (Å²) >= 11 is 0. The van der Waals surface area contributed by atoms with Crippen molar-refractivity contribution in [2.45, 2.75) is 27.3 Å². The fraction of sp³-hybridized carbons (Fsp3) is 0.462. The van der Waals surface area contributed by atoms with E-state index in [1.807, 2.05) is 32.7 Å². The largest absolute Gasteiger partial charge is 0.359 e. The molecule has 0 amide bonds. The van der Waals surface area contributed by atoms with Crippen LogP contribution in [-0.2, 0) is 6.54 Å². The minimum absolute atomic E-state index is 0.158. The first-order chi connectivity index (χ1) is 7.30. The monoisotopic (exact) mass is 222 g/mol. The number of nitrogens with zero attached hydrogens (tertiary/aromatic N) is 1. The molecule has 0 saturated heterocycles. The van der Waals surface area contributed by atoms with Crippen LogP contribution in [0.15, 0.2) is 24.3 Å². The molecular formula is C13H19FN2. The van der Waals surface area contributed by atoms with Crippen LogP contribution in [0, 0.1) is 16.6 Å². The smallest absolute Gasteiger partial charge is 0.123 e. The van der Waals surface area contributed by atoms with E-state index in [9.17, 15) is 4.39 Å². The Morgan fingerprint density at radius 1 is 1.25 bits per heavy atom. The van der Waals surface area contributed by atoms with Crippen molar-refractivity contribution < 1.29 is 4.39 Å². The summed E-state index contributed by atoms with van der Waals surface area (Å²) in [5, 5.41) is 7.99. The van der Waals surface area contributed by atoms with Crippen molar-refractivity contribution in [2.24, 2.45) is 5.41 Å². The Morgan fingerprint density at radius 2 is 1.75 bits per heavy atom. The highest BCUT2D eigenvalue weighted by Gasteiger charge is 2.20. The van der Waals surface area contributed by atoms with Gasteiger partial charge in [-0.05, 0) is 17.7 Å². The summed E-state index contributed by atoms with van der Waals surface area (Å²) in [4.78, 5) is 1.88. The number of amidine groups is 1. The van der Waals surface area contributed by atoms with Gasteiger partial charge in [-0.25, -0.2) is 4.39 Å². The second kappa shape index (κ2) is 4.64.